The largest absolute Gasteiger partial charge is 0.382 e. The van der Waals surface area contributed by atoms with Crippen LogP contribution in [0.25, 0.3) is 16.9 Å². The molecule has 3 aromatic heterocycles. The van der Waals surface area contributed by atoms with Gasteiger partial charge in [-0.1, -0.05) is 0 Å². The SMILES string of the molecule is COC(C)(C)CCNC(=O)c1cnc(-c2ccc3cc(C#N)cnn23)cc1NC(C)C. The zero-order chi connectivity index (χ0) is 22.6. The van der Waals surface area contributed by atoms with Crippen molar-refractivity contribution in [2.45, 2.75) is 45.8 Å². The third-order valence-corrected chi connectivity index (χ3v) is 5.05. The van der Waals surface area contributed by atoms with Gasteiger partial charge in [0.15, 0.2) is 0 Å². The van der Waals surface area contributed by atoms with Crippen LogP contribution < -0.4 is 10.6 Å². The number of anilines is 1. The van der Waals surface area contributed by atoms with Crippen LogP contribution in [0.1, 0.15) is 50.0 Å². The highest BCUT2D eigenvalue weighted by Gasteiger charge is 2.19. The number of rotatable bonds is 8. The first-order valence-corrected chi connectivity index (χ1v) is 10.2. The number of nitrogens with one attached hydrogen (secondary N) is 2. The standard InChI is InChI=1S/C23H28N6O2/c1-15(2)28-19-11-20(21-7-6-17-10-16(12-24)13-27-29(17)21)26-14-18(19)22(30)25-9-8-23(3,4)31-5/h6-7,10-11,13-15H,8-9H2,1-5H3,(H,25,30)(H,26,28). The fraction of sp³-hybridized carbons (Fsp3) is 0.391. The molecule has 2 N–H and O–H groups in total. The molecule has 3 aromatic rings. The van der Waals surface area contributed by atoms with Gasteiger partial charge in [0.05, 0.1) is 45.5 Å². The summed E-state index contributed by atoms with van der Waals surface area (Å²) < 4.78 is 7.14. The van der Waals surface area contributed by atoms with Crippen molar-refractivity contribution in [2.75, 3.05) is 19.0 Å². The molecule has 0 aliphatic rings. The van der Waals surface area contributed by atoms with Crippen LogP contribution in [0.4, 0.5) is 5.69 Å². The number of carbonyl (C=O) groups is 1. The molecule has 31 heavy (non-hydrogen) atoms. The lowest BCUT2D eigenvalue weighted by atomic mass is 10.1. The van der Waals surface area contributed by atoms with Gasteiger partial charge in [-0.2, -0.15) is 10.4 Å². The fourth-order valence-corrected chi connectivity index (χ4v) is 3.14. The van der Waals surface area contributed by atoms with Gasteiger partial charge < -0.3 is 15.4 Å². The molecule has 0 spiro atoms. The Kier molecular flexibility index (Phi) is 6.56. The molecule has 0 saturated heterocycles. The number of aromatic nitrogens is 3. The van der Waals surface area contributed by atoms with Crippen LogP contribution in [0.15, 0.2) is 36.7 Å². The number of carbonyl (C=O) groups excluding carboxylic acids is 1. The molecular formula is C23H28N6O2. The minimum Gasteiger partial charge on any atom is -0.382 e. The second-order valence-corrected chi connectivity index (χ2v) is 8.30. The third kappa shape index (κ3) is 5.19. The second kappa shape index (κ2) is 9.14. The van der Waals surface area contributed by atoms with Gasteiger partial charge in [-0.3, -0.25) is 9.78 Å². The van der Waals surface area contributed by atoms with Crippen molar-refractivity contribution in [1.82, 2.24) is 19.9 Å². The predicted octanol–water partition coefficient (Wildman–Crippen LogP) is 3.63. The number of fused-ring (bicyclic) bond motifs is 1. The summed E-state index contributed by atoms with van der Waals surface area (Å²) in [4.78, 5) is 17.3. The van der Waals surface area contributed by atoms with Gasteiger partial charge in [-0.25, -0.2) is 4.52 Å². The van der Waals surface area contributed by atoms with Crippen LogP contribution in [-0.2, 0) is 4.74 Å². The first-order chi connectivity index (χ1) is 14.7. The Morgan fingerprint density at radius 3 is 2.74 bits per heavy atom. The smallest absolute Gasteiger partial charge is 0.254 e. The zero-order valence-corrected chi connectivity index (χ0v) is 18.6. The maximum atomic E-state index is 12.8. The first kappa shape index (κ1) is 22.2. The van der Waals surface area contributed by atoms with Crippen molar-refractivity contribution < 1.29 is 9.53 Å². The number of hydrogen-bond acceptors (Lipinski definition) is 6. The van der Waals surface area contributed by atoms with Gasteiger partial charge >= 0.3 is 0 Å². The molecule has 8 nitrogen and oxygen atoms in total. The summed E-state index contributed by atoms with van der Waals surface area (Å²) in [5.41, 5.74) is 3.63. The number of hydrogen-bond donors (Lipinski definition) is 2. The molecule has 3 rings (SSSR count). The van der Waals surface area contributed by atoms with Gasteiger partial charge in [0, 0.05) is 25.9 Å². The topological polar surface area (TPSA) is 104 Å². The first-order valence-electron chi connectivity index (χ1n) is 10.2. The van der Waals surface area contributed by atoms with Crippen LogP contribution >= 0.6 is 0 Å². The number of pyridine rings is 1. The Morgan fingerprint density at radius 2 is 2.06 bits per heavy atom. The highest BCUT2D eigenvalue weighted by Crippen LogP contribution is 2.26. The van der Waals surface area contributed by atoms with E-state index in [0.29, 0.717) is 35.5 Å². The molecular weight excluding hydrogens is 392 g/mol. The number of nitriles is 1. The summed E-state index contributed by atoms with van der Waals surface area (Å²) in [5, 5.41) is 19.7. The van der Waals surface area contributed by atoms with Crippen molar-refractivity contribution in [2.24, 2.45) is 0 Å². The summed E-state index contributed by atoms with van der Waals surface area (Å²) in [6.45, 7) is 8.49. The van der Waals surface area contributed by atoms with E-state index in [9.17, 15) is 4.79 Å². The van der Waals surface area contributed by atoms with Crippen molar-refractivity contribution in [3.8, 4) is 17.5 Å². The summed E-state index contributed by atoms with van der Waals surface area (Å²) in [6, 6.07) is 9.64. The summed E-state index contributed by atoms with van der Waals surface area (Å²) >= 11 is 0. The van der Waals surface area contributed by atoms with Crippen molar-refractivity contribution >= 4 is 17.1 Å². The molecule has 0 atom stereocenters. The Balaban J connectivity index is 1.90. The van der Waals surface area contributed by atoms with E-state index >= 15 is 0 Å². The highest BCUT2D eigenvalue weighted by molar-refractivity contribution is 6.00. The molecule has 0 bridgehead atoms. The monoisotopic (exact) mass is 420 g/mol. The van der Waals surface area contributed by atoms with Crippen LogP contribution in [0.2, 0.25) is 0 Å². The quantitative estimate of drug-likeness (QED) is 0.577. The van der Waals surface area contributed by atoms with Crippen molar-refractivity contribution in [1.29, 1.82) is 5.26 Å². The number of methoxy groups -OCH3 is 1. The minimum absolute atomic E-state index is 0.134. The predicted molar refractivity (Wildman–Crippen MR) is 120 cm³/mol. The van der Waals surface area contributed by atoms with E-state index < -0.39 is 0 Å². The highest BCUT2D eigenvalue weighted by atomic mass is 16.5. The van der Waals surface area contributed by atoms with Gasteiger partial charge in [-0.15, -0.1) is 0 Å². The van der Waals surface area contributed by atoms with Gasteiger partial charge in [0.25, 0.3) is 5.91 Å². The van der Waals surface area contributed by atoms with Gasteiger partial charge in [0.2, 0.25) is 0 Å². The molecule has 0 radical (unpaired) electrons. The van der Waals surface area contributed by atoms with E-state index in [1.165, 1.54) is 6.20 Å². The average Bonchev–Trinajstić information content (AvgIpc) is 3.16. The number of ether oxygens (including phenoxy) is 1. The van der Waals surface area contributed by atoms with Crippen molar-refractivity contribution in [3.63, 3.8) is 0 Å². The molecule has 1 amide bonds. The molecule has 0 unspecified atom stereocenters. The summed E-state index contributed by atoms with van der Waals surface area (Å²) in [5.74, 6) is -0.189. The Labute approximate surface area is 182 Å². The van der Waals surface area contributed by atoms with E-state index in [-0.39, 0.29) is 17.6 Å². The molecule has 0 aliphatic carbocycles. The molecule has 0 fully saturated rings. The van der Waals surface area contributed by atoms with E-state index in [0.717, 1.165) is 11.2 Å². The lowest BCUT2D eigenvalue weighted by Crippen LogP contribution is -2.32. The Bertz CT molecular complexity index is 1130. The van der Waals surface area contributed by atoms with Gasteiger partial charge in [0.1, 0.15) is 6.07 Å². The van der Waals surface area contributed by atoms with Crippen LogP contribution in [0.3, 0.4) is 0 Å². The van der Waals surface area contributed by atoms with Gasteiger partial charge in [-0.05, 0) is 58.4 Å². The number of amides is 1. The Hall–Kier alpha value is -3.44. The van der Waals surface area contributed by atoms with E-state index in [2.05, 4.69) is 26.8 Å². The fourth-order valence-electron chi connectivity index (χ4n) is 3.14. The summed E-state index contributed by atoms with van der Waals surface area (Å²) in [6.07, 6.45) is 3.80. The van der Waals surface area contributed by atoms with Crippen LogP contribution in [-0.4, -0.2) is 45.8 Å². The van der Waals surface area contributed by atoms with E-state index in [1.807, 2.05) is 45.9 Å². The molecule has 3 heterocycles. The average molecular weight is 421 g/mol. The number of nitrogens with zero attached hydrogens (tertiary/aromatic N) is 4. The van der Waals surface area contributed by atoms with E-state index in [1.54, 1.807) is 23.9 Å². The van der Waals surface area contributed by atoms with Crippen molar-refractivity contribution in [3.05, 3.63) is 47.8 Å². The maximum Gasteiger partial charge on any atom is 0.254 e. The Morgan fingerprint density at radius 1 is 1.29 bits per heavy atom. The van der Waals surface area contributed by atoms with Crippen LogP contribution in [0, 0.1) is 11.3 Å². The normalized spacial score (nSPS) is 11.5. The minimum atomic E-state index is -0.303. The zero-order valence-electron chi connectivity index (χ0n) is 18.6. The maximum absolute atomic E-state index is 12.8. The molecule has 0 saturated carbocycles. The second-order valence-electron chi connectivity index (χ2n) is 8.30. The summed E-state index contributed by atoms with van der Waals surface area (Å²) in [7, 11) is 1.66. The molecule has 162 valence electrons. The molecule has 0 aromatic carbocycles. The molecule has 0 aliphatic heterocycles. The third-order valence-electron chi connectivity index (χ3n) is 5.05. The lowest BCUT2D eigenvalue weighted by molar-refractivity contribution is 0.0160. The van der Waals surface area contributed by atoms with Crippen LogP contribution in [0.5, 0.6) is 0 Å². The van der Waals surface area contributed by atoms with E-state index in [4.69, 9.17) is 10.00 Å². The molecule has 8 heteroatoms. The lowest BCUT2D eigenvalue weighted by Gasteiger charge is -2.23.